The van der Waals surface area contributed by atoms with Gasteiger partial charge in [0.25, 0.3) is 5.91 Å². The summed E-state index contributed by atoms with van der Waals surface area (Å²) in [6.07, 6.45) is 2.47. The normalized spacial score (nSPS) is 25.7. The van der Waals surface area contributed by atoms with E-state index in [0.29, 0.717) is 36.3 Å². The standard InChI is InChI=1S/C36H36BrN3O9S2/c1-2-48-35(46)17-7-10-19(11-8-17)38-24(41)16-49-23-12-9-18(37)14-20(23)26-27-21-15-22(30(27)50-32-31(26)51-36(47)39-32)29-28(21)33(44)40(34(29)45)13-5-3-4-6-25(42)43/h7-12,14,21-22,26-30H,2-6,13,15-16H2,1H3,(H,38,41)(H,39,47)(H,42,43)/t21?,22?,26-,27?,28?,29?,30?/m1/s1. The fourth-order valence-corrected chi connectivity index (χ4v) is 11.8. The third kappa shape index (κ3) is 6.75. The van der Waals surface area contributed by atoms with E-state index >= 15 is 0 Å². The minimum absolute atomic E-state index is 0.0148. The highest BCUT2D eigenvalue weighted by Crippen LogP contribution is 2.69. The molecule has 6 unspecified atom stereocenters. The SMILES string of the molecule is CCOC(=O)c1ccc(NC(=O)COc2ccc(Br)cc2[C@H]2c3sc(=O)[nH]c3SC3C4CC(C5C(=O)N(CCCCCC(=O)O)C(=O)C45)C32)cc1. The number of nitrogens with one attached hydrogen (secondary N) is 2. The second kappa shape index (κ2) is 14.6. The lowest BCUT2D eigenvalue weighted by atomic mass is 9.68. The third-order valence-electron chi connectivity index (χ3n) is 10.4. The second-order valence-corrected chi connectivity index (χ2v) is 16.4. The number of H-pyrrole nitrogens is 1. The van der Waals surface area contributed by atoms with Crippen LogP contribution < -0.4 is 14.9 Å². The van der Waals surface area contributed by atoms with Gasteiger partial charge in [-0.05, 0) is 86.4 Å². The summed E-state index contributed by atoms with van der Waals surface area (Å²) in [5.74, 6) is -2.88. The first-order chi connectivity index (χ1) is 24.5. The van der Waals surface area contributed by atoms with Crippen LogP contribution in [0.5, 0.6) is 5.75 Å². The minimum Gasteiger partial charge on any atom is -0.483 e. The van der Waals surface area contributed by atoms with Crippen molar-refractivity contribution in [2.75, 3.05) is 25.1 Å². The van der Waals surface area contributed by atoms with E-state index < -0.39 is 29.7 Å². The molecule has 2 aromatic carbocycles. The summed E-state index contributed by atoms with van der Waals surface area (Å²) in [5.41, 5.74) is 1.65. The molecule has 2 aliphatic heterocycles. The molecule has 0 spiro atoms. The number of nitrogens with zero attached hydrogens (tertiary/aromatic N) is 1. The summed E-state index contributed by atoms with van der Waals surface area (Å²) in [7, 11) is 0. The molecule has 3 N–H and O–H groups in total. The highest BCUT2D eigenvalue weighted by Gasteiger charge is 2.69. The molecule has 7 atom stereocenters. The van der Waals surface area contributed by atoms with Crippen LogP contribution in [0.1, 0.15) is 65.7 Å². The van der Waals surface area contributed by atoms with E-state index in [-0.39, 0.29) is 71.8 Å². The van der Waals surface area contributed by atoms with Crippen LogP contribution in [-0.4, -0.2) is 69.7 Å². The zero-order valence-electron chi connectivity index (χ0n) is 27.6. The molecule has 51 heavy (non-hydrogen) atoms. The third-order valence-corrected chi connectivity index (χ3v) is 13.5. The number of amides is 3. The number of aromatic nitrogens is 1. The zero-order chi connectivity index (χ0) is 36.0. The Hall–Kier alpha value is -3.95. The van der Waals surface area contributed by atoms with E-state index in [4.69, 9.17) is 14.6 Å². The molecule has 2 bridgehead atoms. The van der Waals surface area contributed by atoms with Crippen LogP contribution in [0.25, 0.3) is 0 Å². The summed E-state index contributed by atoms with van der Waals surface area (Å²) >= 11 is 6.35. The number of carboxylic acids is 1. The van der Waals surface area contributed by atoms with Crippen molar-refractivity contribution in [3.05, 3.63) is 72.6 Å². The molecule has 3 amide bonds. The number of imide groups is 1. The number of carbonyl (C=O) groups excluding carboxylic acids is 4. The number of anilines is 1. The van der Waals surface area contributed by atoms with Gasteiger partial charge >= 0.3 is 16.8 Å². The van der Waals surface area contributed by atoms with Crippen molar-refractivity contribution < 1.29 is 38.6 Å². The Kier molecular flexibility index (Phi) is 10.1. The Morgan fingerprint density at radius 2 is 1.76 bits per heavy atom. The number of aliphatic carboxylic acids is 1. The van der Waals surface area contributed by atoms with Crippen molar-refractivity contribution in [1.29, 1.82) is 0 Å². The minimum atomic E-state index is -0.861. The monoisotopic (exact) mass is 797 g/mol. The molecular formula is C36H36BrN3O9S2. The number of aromatic amines is 1. The molecule has 3 heterocycles. The molecule has 12 nitrogen and oxygen atoms in total. The number of halogens is 1. The molecule has 15 heteroatoms. The molecule has 4 aliphatic rings. The molecule has 268 valence electrons. The number of carboxylic acid groups (broad SMARTS) is 1. The molecule has 1 saturated heterocycles. The Morgan fingerprint density at radius 1 is 1.02 bits per heavy atom. The van der Waals surface area contributed by atoms with Crippen LogP contribution in [0.3, 0.4) is 0 Å². The van der Waals surface area contributed by atoms with Gasteiger partial charge in [-0.2, -0.15) is 0 Å². The highest BCUT2D eigenvalue weighted by molar-refractivity contribution is 9.10. The van der Waals surface area contributed by atoms with Crippen molar-refractivity contribution in [2.45, 2.75) is 55.2 Å². The molecule has 3 aromatic rings. The molecule has 1 aromatic heterocycles. The highest BCUT2D eigenvalue weighted by atomic mass is 79.9. The lowest BCUT2D eigenvalue weighted by Crippen LogP contribution is -2.42. The van der Waals surface area contributed by atoms with Gasteiger partial charge in [-0.1, -0.05) is 33.7 Å². The number of carbonyl (C=O) groups is 5. The number of rotatable bonds is 13. The van der Waals surface area contributed by atoms with Crippen LogP contribution in [0, 0.1) is 29.6 Å². The first-order valence-electron chi connectivity index (χ1n) is 17.0. The fraction of sp³-hybridized carbons (Fsp3) is 0.444. The summed E-state index contributed by atoms with van der Waals surface area (Å²) in [6, 6.07) is 11.9. The van der Waals surface area contributed by atoms with Crippen LogP contribution >= 0.6 is 39.0 Å². The molecule has 7 rings (SSSR count). The zero-order valence-corrected chi connectivity index (χ0v) is 30.8. The number of benzene rings is 2. The number of hydrogen-bond acceptors (Lipinski definition) is 10. The number of thioether (sulfide) groups is 1. The molecular weight excluding hydrogens is 762 g/mol. The van der Waals surface area contributed by atoms with Gasteiger partial charge in [0.2, 0.25) is 11.8 Å². The molecule has 2 aliphatic carbocycles. The maximum Gasteiger partial charge on any atom is 0.338 e. The Morgan fingerprint density at radius 3 is 2.49 bits per heavy atom. The van der Waals surface area contributed by atoms with E-state index in [1.165, 1.54) is 4.90 Å². The average molecular weight is 799 g/mol. The maximum absolute atomic E-state index is 13.9. The fourth-order valence-electron chi connectivity index (χ4n) is 8.51. The number of esters is 1. The quantitative estimate of drug-likeness (QED) is 0.114. The first kappa shape index (κ1) is 35.5. The van der Waals surface area contributed by atoms with E-state index in [0.717, 1.165) is 37.7 Å². The van der Waals surface area contributed by atoms with E-state index in [9.17, 15) is 28.8 Å². The largest absolute Gasteiger partial charge is 0.483 e. The topological polar surface area (TPSA) is 172 Å². The predicted molar refractivity (Wildman–Crippen MR) is 192 cm³/mol. The van der Waals surface area contributed by atoms with Crippen molar-refractivity contribution >= 4 is 74.4 Å². The van der Waals surface area contributed by atoms with E-state index in [2.05, 4.69) is 26.2 Å². The number of thiazole rings is 1. The molecule has 3 fully saturated rings. The van der Waals surface area contributed by atoms with Crippen LogP contribution in [0.2, 0.25) is 0 Å². The van der Waals surface area contributed by atoms with Gasteiger partial charge in [-0.3, -0.25) is 28.9 Å². The average Bonchev–Trinajstić information content (AvgIpc) is 3.83. The molecule has 0 radical (unpaired) electrons. The number of unbranched alkanes of at least 4 members (excludes halogenated alkanes) is 2. The summed E-state index contributed by atoms with van der Waals surface area (Å²) in [5, 5.41) is 12.5. The van der Waals surface area contributed by atoms with E-state index in [1.807, 2.05) is 12.1 Å². The summed E-state index contributed by atoms with van der Waals surface area (Å²) < 4.78 is 12.0. The van der Waals surface area contributed by atoms with Crippen molar-refractivity contribution in [3.8, 4) is 5.75 Å². The van der Waals surface area contributed by atoms with Crippen molar-refractivity contribution in [2.24, 2.45) is 29.6 Å². The summed E-state index contributed by atoms with van der Waals surface area (Å²) in [4.78, 5) is 81.4. The van der Waals surface area contributed by atoms with Gasteiger partial charge in [0, 0.05) is 44.7 Å². The van der Waals surface area contributed by atoms with Crippen molar-refractivity contribution in [3.63, 3.8) is 0 Å². The van der Waals surface area contributed by atoms with Crippen LogP contribution in [0.4, 0.5) is 5.69 Å². The lowest BCUT2D eigenvalue weighted by molar-refractivity contribution is -0.141. The van der Waals surface area contributed by atoms with Gasteiger partial charge in [-0.15, -0.1) is 11.8 Å². The Labute approximate surface area is 309 Å². The van der Waals surface area contributed by atoms with Gasteiger partial charge in [-0.25, -0.2) is 4.79 Å². The van der Waals surface area contributed by atoms with Gasteiger partial charge in [0.1, 0.15) is 5.75 Å². The van der Waals surface area contributed by atoms with Gasteiger partial charge in [0.05, 0.1) is 29.0 Å². The lowest BCUT2D eigenvalue weighted by Gasteiger charge is -2.43. The smallest absolute Gasteiger partial charge is 0.338 e. The van der Waals surface area contributed by atoms with Crippen LogP contribution in [-0.2, 0) is 23.9 Å². The van der Waals surface area contributed by atoms with Crippen LogP contribution in [0.15, 0.2) is 56.8 Å². The number of ether oxygens (including phenoxy) is 2. The predicted octanol–water partition coefficient (Wildman–Crippen LogP) is 5.51. The number of hydrogen-bond donors (Lipinski definition) is 3. The Bertz CT molecular complexity index is 1950. The second-order valence-electron chi connectivity index (χ2n) is 13.3. The number of likely N-dealkylation sites (tertiary alicyclic amines) is 1. The van der Waals surface area contributed by atoms with Crippen molar-refractivity contribution in [1.82, 2.24) is 9.88 Å². The van der Waals surface area contributed by atoms with E-state index in [1.54, 1.807) is 49.0 Å². The first-order valence-corrected chi connectivity index (χ1v) is 19.5. The maximum atomic E-state index is 13.9. The summed E-state index contributed by atoms with van der Waals surface area (Å²) in [6.45, 7) is 1.98. The number of fused-ring (bicyclic) bond motifs is 9. The van der Waals surface area contributed by atoms with Gasteiger partial charge < -0.3 is 24.9 Å². The van der Waals surface area contributed by atoms with Gasteiger partial charge in [0.15, 0.2) is 6.61 Å². The Balaban J connectivity index is 1.12. The molecule has 2 saturated carbocycles.